The Hall–Kier alpha value is -1.61. The Morgan fingerprint density at radius 1 is 1.11 bits per heavy atom. The molecular weight excluding hydrogens is 226 g/mol. The van der Waals surface area contributed by atoms with Gasteiger partial charge in [-0.1, -0.05) is 28.9 Å². The Labute approximate surface area is 108 Å². The number of benzene rings is 1. The zero-order valence-electron chi connectivity index (χ0n) is 11.4. The Morgan fingerprint density at radius 2 is 1.89 bits per heavy atom. The standard InChI is InChI=1S/C15H19NO2/c1-10-5-6-14(11(2)7-10)8-17-9-15-12(3)16-18-13(15)4/h5-7H,8-9H2,1-4H3. The molecule has 1 heterocycles. The van der Waals surface area contributed by atoms with Crippen LogP contribution in [0.25, 0.3) is 0 Å². The van der Waals surface area contributed by atoms with Crippen LogP contribution in [-0.2, 0) is 18.0 Å². The van der Waals surface area contributed by atoms with Crippen LogP contribution in [0.5, 0.6) is 0 Å². The summed E-state index contributed by atoms with van der Waals surface area (Å²) in [6.45, 7) is 9.23. The number of aromatic nitrogens is 1. The van der Waals surface area contributed by atoms with Gasteiger partial charge in [-0.25, -0.2) is 0 Å². The third-order valence-corrected chi connectivity index (χ3v) is 3.18. The molecule has 1 aromatic carbocycles. The van der Waals surface area contributed by atoms with Crippen molar-refractivity contribution in [2.24, 2.45) is 0 Å². The summed E-state index contributed by atoms with van der Waals surface area (Å²) in [5.74, 6) is 0.841. The topological polar surface area (TPSA) is 35.3 Å². The highest BCUT2D eigenvalue weighted by Crippen LogP contribution is 2.16. The van der Waals surface area contributed by atoms with E-state index in [9.17, 15) is 0 Å². The van der Waals surface area contributed by atoms with Gasteiger partial charge in [0, 0.05) is 5.56 Å². The lowest BCUT2D eigenvalue weighted by molar-refractivity contribution is 0.105. The normalized spacial score (nSPS) is 10.9. The van der Waals surface area contributed by atoms with Crippen molar-refractivity contribution in [3.05, 3.63) is 51.9 Å². The number of hydrogen-bond donors (Lipinski definition) is 0. The van der Waals surface area contributed by atoms with Crippen LogP contribution in [0.1, 0.15) is 33.7 Å². The smallest absolute Gasteiger partial charge is 0.139 e. The first-order valence-electron chi connectivity index (χ1n) is 6.13. The Bertz CT molecular complexity index is 524. The third kappa shape index (κ3) is 2.79. The third-order valence-electron chi connectivity index (χ3n) is 3.18. The van der Waals surface area contributed by atoms with Gasteiger partial charge in [0.2, 0.25) is 0 Å². The maximum absolute atomic E-state index is 5.75. The second kappa shape index (κ2) is 5.36. The molecule has 3 heteroatoms. The highest BCUT2D eigenvalue weighted by Gasteiger charge is 2.09. The lowest BCUT2D eigenvalue weighted by Gasteiger charge is -2.08. The van der Waals surface area contributed by atoms with E-state index >= 15 is 0 Å². The second-order valence-electron chi connectivity index (χ2n) is 4.73. The summed E-state index contributed by atoms with van der Waals surface area (Å²) in [5, 5.41) is 3.92. The Balaban J connectivity index is 1.96. The minimum absolute atomic E-state index is 0.550. The minimum atomic E-state index is 0.550. The van der Waals surface area contributed by atoms with Gasteiger partial charge in [0.1, 0.15) is 5.76 Å². The zero-order valence-corrected chi connectivity index (χ0v) is 11.4. The highest BCUT2D eigenvalue weighted by molar-refractivity contribution is 5.29. The SMILES string of the molecule is Cc1ccc(COCc2c(C)noc2C)c(C)c1. The van der Waals surface area contributed by atoms with Gasteiger partial charge in [0.15, 0.2) is 0 Å². The van der Waals surface area contributed by atoms with Crippen LogP contribution in [0.3, 0.4) is 0 Å². The van der Waals surface area contributed by atoms with Crippen LogP contribution >= 0.6 is 0 Å². The van der Waals surface area contributed by atoms with E-state index in [4.69, 9.17) is 9.26 Å². The monoisotopic (exact) mass is 245 g/mol. The molecule has 0 fully saturated rings. The minimum Gasteiger partial charge on any atom is -0.372 e. The summed E-state index contributed by atoms with van der Waals surface area (Å²) in [6, 6.07) is 6.41. The summed E-state index contributed by atoms with van der Waals surface area (Å²) in [6.07, 6.45) is 0. The van der Waals surface area contributed by atoms with Crippen LogP contribution in [-0.4, -0.2) is 5.16 Å². The molecule has 2 aromatic rings. The van der Waals surface area contributed by atoms with Gasteiger partial charge in [-0.15, -0.1) is 0 Å². The summed E-state index contributed by atoms with van der Waals surface area (Å²) in [5.41, 5.74) is 5.75. The predicted molar refractivity (Wildman–Crippen MR) is 70.4 cm³/mol. The maximum Gasteiger partial charge on any atom is 0.139 e. The fourth-order valence-electron chi connectivity index (χ4n) is 1.98. The van der Waals surface area contributed by atoms with Crippen molar-refractivity contribution in [3.63, 3.8) is 0 Å². The zero-order chi connectivity index (χ0) is 13.1. The Morgan fingerprint density at radius 3 is 2.50 bits per heavy atom. The average molecular weight is 245 g/mol. The average Bonchev–Trinajstić information content (AvgIpc) is 2.63. The van der Waals surface area contributed by atoms with Crippen LogP contribution in [0.2, 0.25) is 0 Å². The van der Waals surface area contributed by atoms with Crippen molar-refractivity contribution in [1.29, 1.82) is 0 Å². The second-order valence-corrected chi connectivity index (χ2v) is 4.73. The summed E-state index contributed by atoms with van der Waals surface area (Å²) in [4.78, 5) is 0. The van der Waals surface area contributed by atoms with Gasteiger partial charge in [-0.05, 0) is 38.8 Å². The number of hydrogen-bond acceptors (Lipinski definition) is 3. The molecule has 0 radical (unpaired) electrons. The molecule has 0 N–H and O–H groups in total. The summed E-state index contributed by atoms with van der Waals surface area (Å²) < 4.78 is 10.9. The predicted octanol–water partition coefficient (Wildman–Crippen LogP) is 3.63. The molecule has 1 aromatic heterocycles. The molecule has 18 heavy (non-hydrogen) atoms. The molecule has 0 spiro atoms. The van der Waals surface area contributed by atoms with Gasteiger partial charge >= 0.3 is 0 Å². The molecule has 3 nitrogen and oxygen atoms in total. The van der Waals surface area contributed by atoms with Gasteiger partial charge < -0.3 is 9.26 Å². The molecule has 0 saturated carbocycles. The van der Waals surface area contributed by atoms with Crippen LogP contribution in [0, 0.1) is 27.7 Å². The van der Waals surface area contributed by atoms with E-state index in [1.807, 2.05) is 13.8 Å². The molecule has 0 aliphatic carbocycles. The van der Waals surface area contributed by atoms with Crippen molar-refractivity contribution in [1.82, 2.24) is 5.16 Å². The lowest BCUT2D eigenvalue weighted by atomic mass is 10.1. The van der Waals surface area contributed by atoms with E-state index in [1.54, 1.807) is 0 Å². The maximum atomic E-state index is 5.75. The fourth-order valence-corrected chi connectivity index (χ4v) is 1.98. The molecule has 0 saturated heterocycles. The van der Waals surface area contributed by atoms with Crippen molar-refractivity contribution >= 4 is 0 Å². The van der Waals surface area contributed by atoms with Gasteiger partial charge in [-0.2, -0.15) is 0 Å². The van der Waals surface area contributed by atoms with Gasteiger partial charge in [0.05, 0.1) is 18.9 Å². The number of rotatable bonds is 4. The van der Waals surface area contributed by atoms with Crippen LogP contribution in [0.4, 0.5) is 0 Å². The molecule has 96 valence electrons. The summed E-state index contributed by atoms with van der Waals surface area (Å²) >= 11 is 0. The Kier molecular flexibility index (Phi) is 3.82. The molecule has 2 rings (SSSR count). The van der Waals surface area contributed by atoms with E-state index in [-0.39, 0.29) is 0 Å². The van der Waals surface area contributed by atoms with Gasteiger partial charge in [0.25, 0.3) is 0 Å². The number of nitrogens with zero attached hydrogens (tertiary/aromatic N) is 1. The van der Waals surface area contributed by atoms with Crippen molar-refractivity contribution in [2.45, 2.75) is 40.9 Å². The van der Waals surface area contributed by atoms with Gasteiger partial charge in [-0.3, -0.25) is 0 Å². The molecule has 0 amide bonds. The van der Waals surface area contributed by atoms with E-state index in [0.29, 0.717) is 13.2 Å². The molecule has 0 aliphatic heterocycles. The molecule has 0 bridgehead atoms. The molecule has 0 unspecified atom stereocenters. The first-order valence-corrected chi connectivity index (χ1v) is 6.13. The molecular formula is C15H19NO2. The quantitative estimate of drug-likeness (QED) is 0.825. The van der Waals surface area contributed by atoms with E-state index in [2.05, 4.69) is 37.2 Å². The summed E-state index contributed by atoms with van der Waals surface area (Å²) in [7, 11) is 0. The van der Waals surface area contributed by atoms with E-state index in [0.717, 1.165) is 17.0 Å². The van der Waals surface area contributed by atoms with Crippen molar-refractivity contribution < 1.29 is 9.26 Å². The fraction of sp³-hybridized carbons (Fsp3) is 0.400. The van der Waals surface area contributed by atoms with Crippen molar-refractivity contribution in [2.75, 3.05) is 0 Å². The largest absolute Gasteiger partial charge is 0.372 e. The van der Waals surface area contributed by atoms with Crippen molar-refractivity contribution in [3.8, 4) is 0 Å². The first-order chi connectivity index (χ1) is 8.58. The number of aryl methyl sites for hydroxylation is 4. The molecule has 0 aliphatic rings. The lowest BCUT2D eigenvalue weighted by Crippen LogP contribution is -1.98. The number of ether oxygens (including phenoxy) is 1. The van der Waals surface area contributed by atoms with E-state index < -0.39 is 0 Å². The highest BCUT2D eigenvalue weighted by atomic mass is 16.5. The van der Waals surface area contributed by atoms with E-state index in [1.165, 1.54) is 16.7 Å². The van der Waals surface area contributed by atoms with Crippen LogP contribution in [0.15, 0.2) is 22.7 Å². The first kappa shape index (κ1) is 12.8. The molecule has 0 atom stereocenters. The van der Waals surface area contributed by atoms with Crippen LogP contribution < -0.4 is 0 Å².